The van der Waals surface area contributed by atoms with E-state index in [0.29, 0.717) is 11.1 Å². The molecule has 2 rings (SSSR count). The topological polar surface area (TPSA) is 54.0 Å². The van der Waals surface area contributed by atoms with Crippen LogP contribution in [0.1, 0.15) is 137 Å². The molecule has 0 saturated heterocycles. The molecule has 5 nitrogen and oxygen atoms in total. The number of hydrogen-bond acceptors (Lipinski definition) is 5. The van der Waals surface area contributed by atoms with Gasteiger partial charge in [0.1, 0.15) is 11.2 Å². The van der Waals surface area contributed by atoms with Crippen molar-refractivity contribution in [2.45, 2.75) is 132 Å². The molecule has 0 aliphatic heterocycles. The maximum Gasteiger partial charge on any atom is 0.193 e. The van der Waals surface area contributed by atoms with Gasteiger partial charge in [-0.25, -0.2) is 19.6 Å². The van der Waals surface area contributed by atoms with E-state index in [2.05, 4.69) is 41.5 Å². The number of benzene rings is 2. The van der Waals surface area contributed by atoms with Crippen molar-refractivity contribution in [3.63, 3.8) is 0 Å². The summed E-state index contributed by atoms with van der Waals surface area (Å²) in [5.74, 6) is -0.0410. The van der Waals surface area contributed by atoms with Crippen LogP contribution in [0.2, 0.25) is 0 Å². The average molecular weight is 555 g/mol. The fraction of sp³-hybridized carbons (Fsp3) is 0.629. The molecule has 0 saturated carbocycles. The zero-order valence-electron chi connectivity index (χ0n) is 27.6. The van der Waals surface area contributed by atoms with E-state index in [4.69, 9.17) is 19.6 Å². The molecular weight excluding hydrogens is 500 g/mol. The van der Waals surface area contributed by atoms with Gasteiger partial charge in [0, 0.05) is 11.1 Å². The van der Waals surface area contributed by atoms with Gasteiger partial charge in [0.15, 0.2) is 5.78 Å². The molecule has 0 bridgehead atoms. The largest absolute Gasteiger partial charge is 0.289 e. The molecule has 0 fully saturated rings. The van der Waals surface area contributed by atoms with E-state index < -0.39 is 22.4 Å². The second kappa shape index (κ2) is 12.1. The summed E-state index contributed by atoms with van der Waals surface area (Å²) >= 11 is 0. The minimum absolute atomic E-state index is 0.0410. The molecule has 40 heavy (non-hydrogen) atoms. The molecule has 0 atom stereocenters. The lowest BCUT2D eigenvalue weighted by Gasteiger charge is -2.34. The highest BCUT2D eigenvalue weighted by Gasteiger charge is 2.33. The van der Waals surface area contributed by atoms with Gasteiger partial charge >= 0.3 is 0 Å². The Labute approximate surface area is 243 Å². The summed E-state index contributed by atoms with van der Waals surface area (Å²) in [6.45, 7) is 29.1. The second-order valence-corrected chi connectivity index (χ2v) is 15.8. The van der Waals surface area contributed by atoms with Gasteiger partial charge in [0.05, 0.1) is 11.2 Å². The first-order valence-corrected chi connectivity index (χ1v) is 14.4. The van der Waals surface area contributed by atoms with Crippen molar-refractivity contribution in [3.8, 4) is 0 Å². The van der Waals surface area contributed by atoms with Crippen LogP contribution in [0.4, 0.5) is 0 Å². The summed E-state index contributed by atoms with van der Waals surface area (Å²) in [5, 5.41) is 0. The van der Waals surface area contributed by atoms with Crippen LogP contribution in [0.3, 0.4) is 0 Å². The van der Waals surface area contributed by atoms with E-state index in [1.165, 1.54) is 0 Å². The molecule has 0 radical (unpaired) electrons. The fourth-order valence-corrected chi connectivity index (χ4v) is 5.36. The minimum atomic E-state index is -0.673. The molecule has 0 aliphatic rings. The molecular formula is C35H54O5. The molecule has 5 heteroatoms. The summed E-state index contributed by atoms with van der Waals surface area (Å²) in [7, 11) is 0. The predicted molar refractivity (Wildman–Crippen MR) is 163 cm³/mol. The van der Waals surface area contributed by atoms with Crippen molar-refractivity contribution in [1.29, 1.82) is 0 Å². The quantitative estimate of drug-likeness (QED) is 0.148. The van der Waals surface area contributed by atoms with Crippen LogP contribution < -0.4 is 0 Å². The lowest BCUT2D eigenvalue weighted by molar-refractivity contribution is -0.408. The Balaban J connectivity index is 2.07. The maximum absolute atomic E-state index is 13.2. The van der Waals surface area contributed by atoms with Crippen molar-refractivity contribution in [2.24, 2.45) is 10.8 Å². The first kappa shape index (κ1) is 34.2. The highest BCUT2D eigenvalue weighted by atomic mass is 17.2. The standard InChI is InChI=1S/C35H54O5/c1-30(2,3)23-32(7,8)37-39-34(11,12)27-19-15-25(16-20-27)29(36)26-17-21-28(22-18-26)35(13,14)40-38-33(9,10)24-31(4,5)6/h15-22H,23-24H2,1-14H3. The summed E-state index contributed by atoms with van der Waals surface area (Å²) in [6, 6.07) is 15.1. The number of carbonyl (C=O) groups excluding carboxylic acids is 1. The molecule has 0 spiro atoms. The summed E-state index contributed by atoms with van der Waals surface area (Å²) in [6.07, 6.45) is 1.71. The molecule has 0 aliphatic carbocycles. The molecule has 0 unspecified atom stereocenters. The van der Waals surface area contributed by atoms with Gasteiger partial charge in [-0.1, -0.05) is 90.1 Å². The molecule has 0 amide bonds. The van der Waals surface area contributed by atoms with Crippen LogP contribution in [-0.2, 0) is 30.8 Å². The van der Waals surface area contributed by atoms with E-state index in [-0.39, 0.29) is 16.6 Å². The Morgan fingerprint density at radius 1 is 0.475 bits per heavy atom. The van der Waals surface area contributed by atoms with E-state index in [1.807, 2.05) is 104 Å². The van der Waals surface area contributed by atoms with Gasteiger partial charge in [-0.2, -0.15) is 0 Å². The van der Waals surface area contributed by atoms with Gasteiger partial charge < -0.3 is 0 Å². The first-order valence-electron chi connectivity index (χ1n) is 14.4. The molecule has 0 N–H and O–H groups in total. The van der Waals surface area contributed by atoms with Crippen LogP contribution >= 0.6 is 0 Å². The highest BCUT2D eigenvalue weighted by molar-refractivity contribution is 6.09. The predicted octanol–water partition coefficient (Wildman–Crippen LogP) is 9.71. The van der Waals surface area contributed by atoms with Crippen LogP contribution in [0.5, 0.6) is 0 Å². The van der Waals surface area contributed by atoms with E-state index in [9.17, 15) is 4.79 Å². The van der Waals surface area contributed by atoms with Crippen molar-refractivity contribution >= 4 is 5.78 Å². The number of ketones is 1. The monoisotopic (exact) mass is 554 g/mol. The third kappa shape index (κ3) is 10.7. The lowest BCUT2D eigenvalue weighted by atomic mass is 9.84. The van der Waals surface area contributed by atoms with Crippen LogP contribution in [0.15, 0.2) is 48.5 Å². The zero-order chi connectivity index (χ0) is 30.8. The number of rotatable bonds is 12. The van der Waals surface area contributed by atoms with Gasteiger partial charge in [0.25, 0.3) is 0 Å². The smallest absolute Gasteiger partial charge is 0.193 e. The van der Waals surface area contributed by atoms with Crippen molar-refractivity contribution in [3.05, 3.63) is 70.8 Å². The van der Waals surface area contributed by atoms with Crippen molar-refractivity contribution in [1.82, 2.24) is 0 Å². The van der Waals surface area contributed by atoms with Crippen LogP contribution in [-0.4, -0.2) is 17.0 Å². The van der Waals surface area contributed by atoms with Crippen LogP contribution in [0, 0.1) is 10.8 Å². The summed E-state index contributed by atoms with van der Waals surface area (Å²) in [4.78, 5) is 36.8. The fourth-order valence-electron chi connectivity index (χ4n) is 5.36. The molecule has 0 heterocycles. The Morgan fingerprint density at radius 2 is 0.750 bits per heavy atom. The summed E-state index contributed by atoms with van der Waals surface area (Å²) in [5.41, 5.74) is 1.14. The highest BCUT2D eigenvalue weighted by Crippen LogP contribution is 2.35. The Hall–Kier alpha value is -2.05. The lowest BCUT2D eigenvalue weighted by Crippen LogP contribution is -2.34. The van der Waals surface area contributed by atoms with E-state index >= 15 is 0 Å². The van der Waals surface area contributed by atoms with Gasteiger partial charge in [-0.05, 0) is 90.2 Å². The average Bonchev–Trinajstić information content (AvgIpc) is 2.79. The minimum Gasteiger partial charge on any atom is -0.289 e. The molecule has 224 valence electrons. The third-order valence-corrected chi connectivity index (χ3v) is 6.55. The molecule has 2 aromatic carbocycles. The summed E-state index contributed by atoms with van der Waals surface area (Å²) < 4.78 is 0. The SMILES string of the molecule is CC(C)(C)CC(C)(C)OOC(C)(C)c1ccc(C(=O)c2ccc(C(C)(C)OOC(C)(C)CC(C)(C)C)cc2)cc1. The number of hydrogen-bond donors (Lipinski definition) is 0. The van der Waals surface area contributed by atoms with Gasteiger partial charge in [-0.3, -0.25) is 4.79 Å². The van der Waals surface area contributed by atoms with E-state index in [0.717, 1.165) is 24.0 Å². The zero-order valence-corrected chi connectivity index (χ0v) is 27.6. The molecule has 0 aromatic heterocycles. The molecule has 2 aromatic rings. The Bertz CT molecular complexity index is 1020. The number of carbonyl (C=O) groups is 1. The Kier molecular flexibility index (Phi) is 10.3. The van der Waals surface area contributed by atoms with Gasteiger partial charge in [0.2, 0.25) is 0 Å². The van der Waals surface area contributed by atoms with Crippen molar-refractivity contribution < 1.29 is 24.3 Å². The van der Waals surface area contributed by atoms with Gasteiger partial charge in [-0.15, -0.1) is 0 Å². The van der Waals surface area contributed by atoms with Crippen LogP contribution in [0.25, 0.3) is 0 Å². The van der Waals surface area contributed by atoms with Crippen molar-refractivity contribution in [2.75, 3.05) is 0 Å². The van der Waals surface area contributed by atoms with E-state index in [1.54, 1.807) is 0 Å². The Morgan fingerprint density at radius 3 is 1.00 bits per heavy atom. The third-order valence-electron chi connectivity index (χ3n) is 6.55. The normalized spacial score (nSPS) is 13.9. The second-order valence-electron chi connectivity index (χ2n) is 15.8. The maximum atomic E-state index is 13.2. The first-order chi connectivity index (χ1) is 17.9.